The molecule has 0 saturated carbocycles. The van der Waals surface area contributed by atoms with Gasteiger partial charge in [-0.05, 0) is 29.8 Å². The number of Topliss-reactive ketones (excluding diaryl/α,β-unsaturated/α-hetero) is 1. The van der Waals surface area contributed by atoms with Crippen LogP contribution >= 0.6 is 0 Å². The Morgan fingerprint density at radius 3 is 2.75 bits per heavy atom. The lowest BCUT2D eigenvalue weighted by atomic mass is 10.1. The summed E-state index contributed by atoms with van der Waals surface area (Å²) in [4.78, 5) is 15.7. The summed E-state index contributed by atoms with van der Waals surface area (Å²) in [6.07, 6.45) is 1.74. The van der Waals surface area contributed by atoms with Crippen molar-refractivity contribution in [1.29, 1.82) is 0 Å². The Balaban J connectivity index is 2.14. The molecular formula is C13H10FNO. The van der Waals surface area contributed by atoms with Crippen LogP contribution in [0.15, 0.2) is 48.7 Å². The summed E-state index contributed by atoms with van der Waals surface area (Å²) in [6.45, 7) is 0. The minimum absolute atomic E-state index is 0.105. The maximum absolute atomic E-state index is 12.9. The van der Waals surface area contributed by atoms with Crippen LogP contribution < -0.4 is 0 Å². The molecule has 2 rings (SSSR count). The van der Waals surface area contributed by atoms with Gasteiger partial charge in [-0.3, -0.25) is 9.78 Å². The molecule has 0 fully saturated rings. The fourth-order valence-electron chi connectivity index (χ4n) is 1.45. The van der Waals surface area contributed by atoms with E-state index in [1.807, 2.05) is 0 Å². The Kier molecular flexibility index (Phi) is 3.05. The Bertz CT molecular complexity index is 496. The van der Waals surface area contributed by atoms with Crippen LogP contribution in [0.25, 0.3) is 0 Å². The molecule has 0 amide bonds. The van der Waals surface area contributed by atoms with Crippen LogP contribution in [0.4, 0.5) is 4.39 Å². The van der Waals surface area contributed by atoms with E-state index in [2.05, 4.69) is 4.98 Å². The number of hydrogen-bond acceptors (Lipinski definition) is 2. The molecule has 2 aromatic rings. The van der Waals surface area contributed by atoms with Gasteiger partial charge in [-0.15, -0.1) is 0 Å². The van der Waals surface area contributed by atoms with Gasteiger partial charge in [-0.25, -0.2) is 4.39 Å². The summed E-state index contributed by atoms with van der Waals surface area (Å²) < 4.78 is 12.9. The van der Waals surface area contributed by atoms with Crippen molar-refractivity contribution >= 4 is 5.78 Å². The Hall–Kier alpha value is -2.03. The molecule has 0 atom stereocenters. The van der Waals surface area contributed by atoms with Crippen molar-refractivity contribution in [2.75, 3.05) is 0 Å². The zero-order valence-corrected chi connectivity index (χ0v) is 8.56. The van der Waals surface area contributed by atoms with Gasteiger partial charge in [0.2, 0.25) is 0 Å². The van der Waals surface area contributed by atoms with Crippen LogP contribution in [0.5, 0.6) is 0 Å². The Morgan fingerprint density at radius 1 is 1.19 bits per heavy atom. The molecule has 0 saturated heterocycles. The fourth-order valence-corrected chi connectivity index (χ4v) is 1.45. The van der Waals surface area contributed by atoms with Crippen LogP contribution in [0.2, 0.25) is 0 Å². The molecule has 0 bridgehead atoms. The largest absolute Gasteiger partial charge is 0.292 e. The van der Waals surface area contributed by atoms with E-state index in [4.69, 9.17) is 0 Å². The SMILES string of the molecule is O=C(Cc1cccc(F)c1)c1ccccn1. The second-order valence-electron chi connectivity index (χ2n) is 3.44. The second-order valence-corrected chi connectivity index (χ2v) is 3.44. The average molecular weight is 215 g/mol. The standard InChI is InChI=1S/C13H10FNO/c14-11-5-3-4-10(8-11)9-13(16)12-6-1-2-7-15-12/h1-8H,9H2. The first-order valence-electron chi connectivity index (χ1n) is 4.94. The van der Waals surface area contributed by atoms with E-state index in [-0.39, 0.29) is 18.0 Å². The molecule has 1 heterocycles. The first-order chi connectivity index (χ1) is 7.75. The first kappa shape index (κ1) is 10.5. The normalized spacial score (nSPS) is 10.1. The molecule has 0 aliphatic heterocycles. The highest BCUT2D eigenvalue weighted by molar-refractivity contribution is 5.95. The summed E-state index contributed by atoms with van der Waals surface area (Å²) in [6, 6.07) is 11.2. The van der Waals surface area contributed by atoms with E-state index in [1.54, 1.807) is 36.5 Å². The lowest BCUT2D eigenvalue weighted by Crippen LogP contribution is -2.05. The van der Waals surface area contributed by atoms with Crippen LogP contribution in [-0.4, -0.2) is 10.8 Å². The molecule has 1 aromatic carbocycles. The number of nitrogens with zero attached hydrogens (tertiary/aromatic N) is 1. The van der Waals surface area contributed by atoms with Gasteiger partial charge in [-0.1, -0.05) is 18.2 Å². The summed E-state index contributed by atoms with van der Waals surface area (Å²) in [5, 5.41) is 0. The Morgan fingerprint density at radius 2 is 2.06 bits per heavy atom. The van der Waals surface area contributed by atoms with Crippen molar-refractivity contribution in [3.05, 3.63) is 65.7 Å². The van der Waals surface area contributed by atoms with E-state index >= 15 is 0 Å². The molecular weight excluding hydrogens is 205 g/mol. The monoisotopic (exact) mass is 215 g/mol. The van der Waals surface area contributed by atoms with Gasteiger partial charge in [0.25, 0.3) is 0 Å². The summed E-state index contributed by atoms with van der Waals surface area (Å²) in [5.41, 5.74) is 1.07. The van der Waals surface area contributed by atoms with Gasteiger partial charge < -0.3 is 0 Å². The van der Waals surface area contributed by atoms with Crippen LogP contribution in [0, 0.1) is 5.82 Å². The Labute approximate surface area is 92.8 Å². The minimum Gasteiger partial charge on any atom is -0.292 e. The highest BCUT2D eigenvalue weighted by Crippen LogP contribution is 2.07. The molecule has 0 unspecified atom stereocenters. The number of rotatable bonds is 3. The predicted molar refractivity (Wildman–Crippen MR) is 58.7 cm³/mol. The van der Waals surface area contributed by atoms with Gasteiger partial charge in [0, 0.05) is 12.6 Å². The molecule has 16 heavy (non-hydrogen) atoms. The predicted octanol–water partition coefficient (Wildman–Crippen LogP) is 2.65. The highest BCUT2D eigenvalue weighted by Gasteiger charge is 2.07. The quantitative estimate of drug-likeness (QED) is 0.737. The smallest absolute Gasteiger partial charge is 0.185 e. The van der Waals surface area contributed by atoms with Crippen LogP contribution in [-0.2, 0) is 6.42 Å². The van der Waals surface area contributed by atoms with Crippen LogP contribution in [0.3, 0.4) is 0 Å². The van der Waals surface area contributed by atoms with E-state index in [1.165, 1.54) is 12.1 Å². The molecule has 2 nitrogen and oxygen atoms in total. The lowest BCUT2D eigenvalue weighted by molar-refractivity contribution is 0.0988. The van der Waals surface area contributed by atoms with Crippen molar-refractivity contribution in [3.8, 4) is 0 Å². The van der Waals surface area contributed by atoms with E-state index < -0.39 is 0 Å². The van der Waals surface area contributed by atoms with E-state index in [9.17, 15) is 9.18 Å². The van der Waals surface area contributed by atoms with Gasteiger partial charge in [-0.2, -0.15) is 0 Å². The maximum Gasteiger partial charge on any atom is 0.185 e. The van der Waals surface area contributed by atoms with Gasteiger partial charge in [0.15, 0.2) is 5.78 Å². The van der Waals surface area contributed by atoms with Gasteiger partial charge in [0.05, 0.1) is 0 Å². The second kappa shape index (κ2) is 4.66. The van der Waals surface area contributed by atoms with Crippen molar-refractivity contribution in [2.45, 2.75) is 6.42 Å². The number of hydrogen-bond donors (Lipinski definition) is 0. The van der Waals surface area contributed by atoms with E-state index in [0.717, 1.165) is 0 Å². The number of aromatic nitrogens is 1. The number of carbonyl (C=O) groups is 1. The zero-order valence-electron chi connectivity index (χ0n) is 8.56. The molecule has 0 spiro atoms. The molecule has 0 aliphatic rings. The van der Waals surface area contributed by atoms with Gasteiger partial charge in [0.1, 0.15) is 11.5 Å². The van der Waals surface area contributed by atoms with Gasteiger partial charge >= 0.3 is 0 Å². The van der Waals surface area contributed by atoms with E-state index in [0.29, 0.717) is 11.3 Å². The zero-order chi connectivity index (χ0) is 11.4. The fraction of sp³-hybridized carbons (Fsp3) is 0.0769. The highest BCUT2D eigenvalue weighted by atomic mass is 19.1. The number of halogens is 1. The van der Waals surface area contributed by atoms with Crippen molar-refractivity contribution in [3.63, 3.8) is 0 Å². The average Bonchev–Trinajstić information content (AvgIpc) is 2.30. The van der Waals surface area contributed by atoms with Crippen molar-refractivity contribution < 1.29 is 9.18 Å². The van der Waals surface area contributed by atoms with Crippen molar-refractivity contribution in [2.24, 2.45) is 0 Å². The molecule has 0 aliphatic carbocycles. The lowest BCUT2D eigenvalue weighted by Gasteiger charge is -2.00. The first-order valence-corrected chi connectivity index (χ1v) is 4.94. The molecule has 80 valence electrons. The third kappa shape index (κ3) is 2.51. The third-order valence-corrected chi connectivity index (χ3v) is 2.20. The third-order valence-electron chi connectivity index (χ3n) is 2.20. The summed E-state index contributed by atoms with van der Waals surface area (Å²) in [7, 11) is 0. The maximum atomic E-state index is 12.9. The minimum atomic E-state index is -0.327. The number of pyridine rings is 1. The number of ketones is 1. The topological polar surface area (TPSA) is 30.0 Å². The summed E-state index contributed by atoms with van der Waals surface area (Å²) in [5.74, 6) is -0.433. The number of benzene rings is 1. The molecule has 1 aromatic heterocycles. The summed E-state index contributed by atoms with van der Waals surface area (Å²) >= 11 is 0. The molecule has 3 heteroatoms. The van der Waals surface area contributed by atoms with Crippen LogP contribution in [0.1, 0.15) is 16.1 Å². The van der Waals surface area contributed by atoms with Crippen molar-refractivity contribution in [1.82, 2.24) is 4.98 Å². The molecule has 0 N–H and O–H groups in total. The number of carbonyl (C=O) groups excluding carboxylic acids is 1. The molecule has 0 radical (unpaired) electrons.